The second-order valence-corrected chi connectivity index (χ2v) is 2.30. The van der Waals surface area contributed by atoms with Gasteiger partial charge in [-0.1, -0.05) is 0 Å². The van der Waals surface area contributed by atoms with Gasteiger partial charge in [-0.25, -0.2) is 0 Å². The lowest BCUT2D eigenvalue weighted by Crippen LogP contribution is -2.31. The second-order valence-electron chi connectivity index (χ2n) is 2.30. The van der Waals surface area contributed by atoms with Crippen LogP contribution in [0.1, 0.15) is 6.92 Å². The van der Waals surface area contributed by atoms with Crippen molar-refractivity contribution in [2.75, 3.05) is 13.1 Å². The van der Waals surface area contributed by atoms with Gasteiger partial charge in [0.25, 0.3) is 0 Å². The number of nitrogens with one attached hydrogen (secondary N) is 3. The Morgan fingerprint density at radius 3 is 2.45 bits per heavy atom. The van der Waals surface area contributed by atoms with Crippen LogP contribution in [-0.4, -0.2) is 18.9 Å². The van der Waals surface area contributed by atoms with Gasteiger partial charge in [0.1, 0.15) is 11.5 Å². The Morgan fingerprint density at radius 1 is 1.55 bits per heavy atom. The number of allylic oxidation sites excluding steroid dienone is 1. The number of rotatable bonds is 2. The zero-order chi connectivity index (χ0) is 8.27. The number of ketones is 1. The first kappa shape index (κ1) is 7.87. The number of hydrogen-bond donors (Lipinski definition) is 4. The molecule has 0 aromatic carbocycles. The lowest BCUT2D eigenvalue weighted by molar-refractivity contribution is -0.114. The minimum absolute atomic E-state index is 0.0793. The van der Waals surface area contributed by atoms with Crippen LogP contribution >= 0.6 is 0 Å². The van der Waals surface area contributed by atoms with Gasteiger partial charge >= 0.3 is 0 Å². The molecule has 0 saturated carbocycles. The van der Waals surface area contributed by atoms with Crippen LogP contribution in [0.5, 0.6) is 0 Å². The summed E-state index contributed by atoms with van der Waals surface area (Å²) in [7, 11) is 0. The van der Waals surface area contributed by atoms with Crippen LogP contribution < -0.4 is 21.9 Å². The molecule has 5 heteroatoms. The molecular formula is C6H12N4O. The lowest BCUT2D eigenvalue weighted by Gasteiger charge is -2.06. The molecule has 62 valence electrons. The lowest BCUT2D eigenvalue weighted by atomic mass is 10.3. The highest BCUT2D eigenvalue weighted by atomic mass is 16.1. The van der Waals surface area contributed by atoms with Crippen LogP contribution in [0.25, 0.3) is 0 Å². The van der Waals surface area contributed by atoms with Gasteiger partial charge in [-0.15, -0.1) is 0 Å². The van der Waals surface area contributed by atoms with E-state index >= 15 is 0 Å². The van der Waals surface area contributed by atoms with Gasteiger partial charge in [0.15, 0.2) is 5.78 Å². The fourth-order valence-corrected chi connectivity index (χ4v) is 0.964. The molecule has 0 aromatic heterocycles. The molecule has 5 nitrogen and oxygen atoms in total. The maximum Gasteiger partial charge on any atom is 0.180 e. The van der Waals surface area contributed by atoms with E-state index in [1.54, 1.807) is 0 Å². The van der Waals surface area contributed by atoms with Gasteiger partial charge in [0, 0.05) is 20.0 Å². The Bertz CT molecular complexity index is 191. The molecule has 5 N–H and O–H groups in total. The van der Waals surface area contributed by atoms with Crippen molar-refractivity contribution >= 4 is 5.78 Å². The quantitative estimate of drug-likeness (QED) is 0.220. The third-order valence-corrected chi connectivity index (χ3v) is 1.47. The summed E-state index contributed by atoms with van der Waals surface area (Å²) in [6.45, 7) is 3.12. The Hall–Kier alpha value is -1.23. The molecule has 1 aliphatic rings. The molecule has 1 saturated heterocycles. The zero-order valence-electron chi connectivity index (χ0n) is 6.40. The van der Waals surface area contributed by atoms with E-state index in [0.29, 0.717) is 11.5 Å². The number of hydrazine groups is 1. The monoisotopic (exact) mass is 156 g/mol. The molecule has 0 aliphatic carbocycles. The Labute approximate surface area is 65.0 Å². The highest BCUT2D eigenvalue weighted by molar-refractivity contribution is 5.93. The summed E-state index contributed by atoms with van der Waals surface area (Å²) in [5.74, 6) is 5.76. The van der Waals surface area contributed by atoms with Gasteiger partial charge in [0.2, 0.25) is 0 Å². The molecular weight excluding hydrogens is 144 g/mol. The molecule has 1 fully saturated rings. The molecule has 0 spiro atoms. The first-order valence-corrected chi connectivity index (χ1v) is 3.45. The van der Waals surface area contributed by atoms with Crippen LogP contribution in [0.3, 0.4) is 0 Å². The maximum absolute atomic E-state index is 10.9. The highest BCUT2D eigenvalue weighted by Gasteiger charge is 2.13. The molecule has 0 amide bonds. The average molecular weight is 156 g/mol. The van der Waals surface area contributed by atoms with E-state index in [-0.39, 0.29) is 5.78 Å². The Morgan fingerprint density at radius 2 is 2.09 bits per heavy atom. The molecule has 1 heterocycles. The molecule has 11 heavy (non-hydrogen) atoms. The fourth-order valence-electron chi connectivity index (χ4n) is 0.964. The van der Waals surface area contributed by atoms with Crippen LogP contribution in [0, 0.1) is 0 Å². The predicted molar refractivity (Wildman–Crippen MR) is 41.0 cm³/mol. The maximum atomic E-state index is 10.9. The van der Waals surface area contributed by atoms with E-state index in [2.05, 4.69) is 16.1 Å². The van der Waals surface area contributed by atoms with Crippen molar-refractivity contribution in [3.05, 3.63) is 11.5 Å². The van der Waals surface area contributed by atoms with E-state index in [4.69, 9.17) is 5.84 Å². The highest BCUT2D eigenvalue weighted by Crippen LogP contribution is 1.97. The van der Waals surface area contributed by atoms with E-state index in [9.17, 15) is 4.79 Å². The smallest absolute Gasteiger partial charge is 0.180 e. The third-order valence-electron chi connectivity index (χ3n) is 1.47. The number of carbonyl (C=O) groups excluding carboxylic acids is 1. The van der Waals surface area contributed by atoms with E-state index in [1.165, 1.54) is 6.92 Å². The molecule has 1 rings (SSSR count). The summed E-state index contributed by atoms with van der Waals surface area (Å²) in [6.07, 6.45) is 0. The zero-order valence-corrected chi connectivity index (χ0v) is 6.40. The van der Waals surface area contributed by atoms with Crippen molar-refractivity contribution in [2.45, 2.75) is 6.92 Å². The van der Waals surface area contributed by atoms with Crippen LogP contribution in [0.2, 0.25) is 0 Å². The van der Waals surface area contributed by atoms with Gasteiger partial charge < -0.3 is 16.1 Å². The Kier molecular flexibility index (Phi) is 2.32. The molecule has 0 radical (unpaired) electrons. The van der Waals surface area contributed by atoms with Gasteiger partial charge in [-0.3, -0.25) is 10.6 Å². The minimum Gasteiger partial charge on any atom is -0.368 e. The summed E-state index contributed by atoms with van der Waals surface area (Å²) in [5.41, 5.74) is 2.75. The standard InChI is InChI=1S/C6H12N4O/c1-4(11)5(10-7)6-8-2-3-9-6/h8-10H,2-3,7H2,1H3. The number of Topliss-reactive ketones (excluding diaryl/α,β-unsaturated/α-hetero) is 1. The second kappa shape index (κ2) is 3.25. The average Bonchev–Trinajstić information content (AvgIpc) is 2.40. The van der Waals surface area contributed by atoms with Gasteiger partial charge in [-0.05, 0) is 0 Å². The fraction of sp³-hybridized carbons (Fsp3) is 0.500. The predicted octanol–water partition coefficient (Wildman–Crippen LogP) is -1.60. The number of nitrogens with two attached hydrogens (primary N) is 1. The largest absolute Gasteiger partial charge is 0.368 e. The van der Waals surface area contributed by atoms with E-state index < -0.39 is 0 Å². The molecule has 0 aromatic rings. The minimum atomic E-state index is -0.0793. The van der Waals surface area contributed by atoms with E-state index in [1.807, 2.05) is 0 Å². The first-order valence-electron chi connectivity index (χ1n) is 3.45. The summed E-state index contributed by atoms with van der Waals surface area (Å²) in [4.78, 5) is 10.9. The van der Waals surface area contributed by atoms with Crippen LogP contribution in [0.15, 0.2) is 11.5 Å². The summed E-state index contributed by atoms with van der Waals surface area (Å²) in [5, 5.41) is 5.99. The first-order chi connectivity index (χ1) is 5.25. The SMILES string of the molecule is CC(=O)C(NN)=C1NCCN1. The Balaban J connectivity index is 2.78. The molecule has 0 bridgehead atoms. The van der Waals surface area contributed by atoms with Crippen molar-refractivity contribution in [3.63, 3.8) is 0 Å². The molecule has 0 unspecified atom stereocenters. The van der Waals surface area contributed by atoms with Crippen molar-refractivity contribution in [1.29, 1.82) is 0 Å². The number of carbonyl (C=O) groups is 1. The summed E-state index contributed by atoms with van der Waals surface area (Å²) < 4.78 is 0. The van der Waals surface area contributed by atoms with Crippen molar-refractivity contribution in [1.82, 2.24) is 16.1 Å². The summed E-state index contributed by atoms with van der Waals surface area (Å²) >= 11 is 0. The topological polar surface area (TPSA) is 79.2 Å². The van der Waals surface area contributed by atoms with Gasteiger partial charge in [0.05, 0.1) is 0 Å². The molecule has 0 atom stereocenters. The van der Waals surface area contributed by atoms with Crippen molar-refractivity contribution in [3.8, 4) is 0 Å². The third kappa shape index (κ3) is 1.62. The van der Waals surface area contributed by atoms with Crippen LogP contribution in [0.4, 0.5) is 0 Å². The van der Waals surface area contributed by atoms with E-state index in [0.717, 1.165) is 13.1 Å². The molecule has 1 aliphatic heterocycles. The van der Waals surface area contributed by atoms with Crippen LogP contribution in [-0.2, 0) is 4.79 Å². The van der Waals surface area contributed by atoms with Gasteiger partial charge in [-0.2, -0.15) is 0 Å². The van der Waals surface area contributed by atoms with Crippen molar-refractivity contribution < 1.29 is 4.79 Å². The van der Waals surface area contributed by atoms with Crippen molar-refractivity contribution in [2.24, 2.45) is 5.84 Å². The summed E-state index contributed by atoms with van der Waals surface area (Å²) in [6, 6.07) is 0. The normalized spacial score (nSPS) is 15.3. The number of hydrogen-bond acceptors (Lipinski definition) is 5.